The fourth-order valence-corrected chi connectivity index (χ4v) is 15.7. The van der Waals surface area contributed by atoms with Gasteiger partial charge < -0.3 is 4.90 Å². The molecule has 17 rings (SSSR count). The van der Waals surface area contributed by atoms with Gasteiger partial charge in [0.05, 0.1) is 16.2 Å². The van der Waals surface area contributed by atoms with Gasteiger partial charge in [-0.05, 0) is 166 Å². The highest BCUT2D eigenvalue weighted by atomic mass is 15.1. The van der Waals surface area contributed by atoms with Crippen molar-refractivity contribution >= 4 is 17.1 Å². The Morgan fingerprint density at radius 3 is 0.882 bits per heavy atom. The maximum absolute atomic E-state index is 2.60. The minimum atomic E-state index is -0.495. The Morgan fingerprint density at radius 2 is 0.553 bits per heavy atom. The summed E-state index contributed by atoms with van der Waals surface area (Å²) in [4.78, 5) is 2.60. The SMILES string of the molecule is C1=CCCC(C2(c3ccccc3)c3ccccc3-c3ccc(N(c4ccc5c(c4)C4(c6ccccc6-c6ccccc64)c4ccccc4-5)c4ccc5c(c4)C4(c6ccccc6-c6ccccc64)c4ccccc4-5)cc32)=C1. The molecule has 0 bridgehead atoms. The normalized spacial score (nSPS) is 17.1. The van der Waals surface area contributed by atoms with Crippen LogP contribution in [0.2, 0.25) is 0 Å². The molecule has 6 aliphatic rings. The lowest BCUT2D eigenvalue weighted by molar-refractivity contribution is 0.693. The average molecular weight is 964 g/mol. The van der Waals surface area contributed by atoms with Crippen LogP contribution in [0.4, 0.5) is 17.1 Å². The van der Waals surface area contributed by atoms with E-state index in [1.54, 1.807) is 0 Å². The zero-order chi connectivity index (χ0) is 49.7. The molecule has 1 unspecified atom stereocenters. The summed E-state index contributed by atoms with van der Waals surface area (Å²) in [7, 11) is 0. The summed E-state index contributed by atoms with van der Waals surface area (Å²) in [6.07, 6.45) is 9.02. The number of allylic oxidation sites excluding steroid dienone is 4. The summed E-state index contributed by atoms with van der Waals surface area (Å²) < 4.78 is 0. The van der Waals surface area contributed by atoms with Crippen LogP contribution in [-0.4, -0.2) is 0 Å². The van der Waals surface area contributed by atoms with Gasteiger partial charge in [0.1, 0.15) is 0 Å². The molecule has 0 aliphatic heterocycles. The molecule has 0 amide bonds. The van der Waals surface area contributed by atoms with Gasteiger partial charge in [-0.2, -0.15) is 0 Å². The quantitative estimate of drug-likeness (QED) is 0.166. The first-order valence-corrected chi connectivity index (χ1v) is 27.1. The lowest BCUT2D eigenvalue weighted by Crippen LogP contribution is -2.30. The van der Waals surface area contributed by atoms with Crippen molar-refractivity contribution in [2.24, 2.45) is 0 Å². The third-order valence-electron chi connectivity index (χ3n) is 18.5. The molecule has 0 radical (unpaired) electrons. The van der Waals surface area contributed by atoms with E-state index < -0.39 is 16.2 Å². The van der Waals surface area contributed by atoms with Crippen LogP contribution in [0.25, 0.3) is 55.6 Å². The van der Waals surface area contributed by atoms with E-state index in [1.807, 2.05) is 0 Å². The van der Waals surface area contributed by atoms with Gasteiger partial charge in [0.2, 0.25) is 0 Å². The lowest BCUT2D eigenvalue weighted by atomic mass is 9.65. The maximum Gasteiger partial charge on any atom is 0.0726 e. The van der Waals surface area contributed by atoms with Gasteiger partial charge in [-0.15, -0.1) is 0 Å². The molecule has 11 aromatic rings. The van der Waals surface area contributed by atoms with Crippen molar-refractivity contribution in [3.63, 3.8) is 0 Å². The van der Waals surface area contributed by atoms with Crippen molar-refractivity contribution in [2.45, 2.75) is 29.1 Å². The molecule has 76 heavy (non-hydrogen) atoms. The summed E-state index contributed by atoms with van der Waals surface area (Å²) in [5.41, 5.74) is 31.1. The molecule has 0 saturated carbocycles. The Balaban J connectivity index is 0.966. The number of hydrogen-bond acceptors (Lipinski definition) is 1. The van der Waals surface area contributed by atoms with Gasteiger partial charge in [0.25, 0.3) is 0 Å². The molecule has 1 atom stereocenters. The van der Waals surface area contributed by atoms with E-state index in [9.17, 15) is 0 Å². The zero-order valence-electron chi connectivity index (χ0n) is 41.8. The fraction of sp³-hybridized carbons (Fsp3) is 0.0667. The van der Waals surface area contributed by atoms with Crippen LogP contribution >= 0.6 is 0 Å². The molecule has 0 fully saturated rings. The number of rotatable bonds is 5. The van der Waals surface area contributed by atoms with Crippen LogP contribution in [0.15, 0.2) is 279 Å². The maximum atomic E-state index is 2.60. The zero-order valence-corrected chi connectivity index (χ0v) is 41.8. The van der Waals surface area contributed by atoms with E-state index in [2.05, 4.69) is 278 Å². The van der Waals surface area contributed by atoms with Crippen molar-refractivity contribution in [3.05, 3.63) is 340 Å². The Morgan fingerprint density at radius 1 is 0.263 bits per heavy atom. The van der Waals surface area contributed by atoms with Crippen LogP contribution in [-0.2, 0) is 16.2 Å². The van der Waals surface area contributed by atoms with Crippen LogP contribution in [0.1, 0.15) is 74.0 Å². The average Bonchev–Trinajstić information content (AvgIpc) is 3.82. The Labute approximate surface area is 444 Å². The number of nitrogens with zero attached hydrogens (tertiary/aromatic N) is 1. The highest BCUT2D eigenvalue weighted by Gasteiger charge is 2.54. The van der Waals surface area contributed by atoms with E-state index in [1.165, 1.54) is 122 Å². The summed E-state index contributed by atoms with van der Waals surface area (Å²) >= 11 is 0. The Kier molecular flexibility index (Phi) is 8.52. The van der Waals surface area contributed by atoms with Crippen molar-refractivity contribution < 1.29 is 0 Å². The Bertz CT molecular complexity index is 4050. The molecule has 11 aromatic carbocycles. The van der Waals surface area contributed by atoms with Crippen LogP contribution in [0.5, 0.6) is 0 Å². The van der Waals surface area contributed by atoms with Gasteiger partial charge in [0, 0.05) is 17.1 Å². The summed E-state index contributed by atoms with van der Waals surface area (Å²) in [5, 5.41) is 0. The number of benzene rings is 11. The molecule has 354 valence electrons. The molecule has 1 nitrogen and oxygen atoms in total. The number of fused-ring (bicyclic) bond motifs is 23. The third kappa shape index (κ3) is 5.11. The highest BCUT2D eigenvalue weighted by Crippen LogP contribution is 2.66. The van der Waals surface area contributed by atoms with Crippen LogP contribution in [0, 0.1) is 0 Å². The second kappa shape index (κ2) is 15.4. The molecule has 2 spiro atoms. The first-order valence-electron chi connectivity index (χ1n) is 27.1. The molecular weight excluding hydrogens is 915 g/mol. The van der Waals surface area contributed by atoms with E-state index >= 15 is 0 Å². The van der Waals surface area contributed by atoms with Gasteiger partial charge in [-0.25, -0.2) is 0 Å². The largest absolute Gasteiger partial charge is 0.310 e. The molecule has 0 saturated heterocycles. The molecule has 0 heterocycles. The van der Waals surface area contributed by atoms with Gasteiger partial charge in [-0.1, -0.05) is 242 Å². The molecule has 0 N–H and O–H groups in total. The van der Waals surface area contributed by atoms with Crippen LogP contribution < -0.4 is 4.90 Å². The highest BCUT2D eigenvalue weighted by molar-refractivity contribution is 5.99. The van der Waals surface area contributed by atoms with E-state index in [-0.39, 0.29) is 0 Å². The standard InChI is InChI=1S/C75H49N/c1-3-21-48(22-4-1)73(49-23-5-2-6-24-49)63-32-14-7-29-57(63)60-42-39-50(45-70(60)73)76(51-40-43-61-58-30-12-19-37-68(58)74(71(61)46-51)64-33-15-8-25-53(64)54-26-9-16-34-65(54)74)52-41-44-62-59-31-13-20-38-69(59)75(72(62)47-52)66-35-17-10-27-55(66)56-28-11-18-36-67(56)75/h1-5,7-23,25-47H,6,24H2. The predicted octanol–water partition coefficient (Wildman–Crippen LogP) is 18.4. The van der Waals surface area contributed by atoms with E-state index in [4.69, 9.17) is 0 Å². The fourth-order valence-electron chi connectivity index (χ4n) is 15.7. The second-order valence-electron chi connectivity index (χ2n) is 21.6. The van der Waals surface area contributed by atoms with Crippen molar-refractivity contribution in [3.8, 4) is 55.6 Å². The predicted molar refractivity (Wildman–Crippen MR) is 312 cm³/mol. The van der Waals surface area contributed by atoms with Gasteiger partial charge >= 0.3 is 0 Å². The van der Waals surface area contributed by atoms with Crippen LogP contribution in [0.3, 0.4) is 0 Å². The first kappa shape index (κ1) is 42.1. The third-order valence-corrected chi connectivity index (χ3v) is 18.5. The van der Waals surface area contributed by atoms with Crippen molar-refractivity contribution in [2.75, 3.05) is 4.90 Å². The number of hydrogen-bond donors (Lipinski definition) is 0. The summed E-state index contributed by atoms with van der Waals surface area (Å²) in [5.74, 6) is 0. The molecule has 1 heteroatoms. The van der Waals surface area contributed by atoms with Crippen molar-refractivity contribution in [1.82, 2.24) is 0 Å². The monoisotopic (exact) mass is 963 g/mol. The summed E-state index contributed by atoms with van der Waals surface area (Å²) in [6.45, 7) is 0. The minimum Gasteiger partial charge on any atom is -0.310 e. The lowest BCUT2D eigenvalue weighted by Gasteiger charge is -2.37. The second-order valence-corrected chi connectivity index (χ2v) is 21.6. The minimum absolute atomic E-state index is 0.485. The first-order chi connectivity index (χ1) is 37.7. The van der Waals surface area contributed by atoms with Crippen molar-refractivity contribution in [1.29, 1.82) is 0 Å². The molecule has 0 aromatic heterocycles. The van der Waals surface area contributed by atoms with E-state index in [0.717, 1.165) is 29.9 Å². The summed E-state index contributed by atoms with van der Waals surface area (Å²) in [6, 6.07) is 97.7. The Hall–Kier alpha value is -9.30. The van der Waals surface area contributed by atoms with Gasteiger partial charge in [-0.3, -0.25) is 0 Å². The topological polar surface area (TPSA) is 3.24 Å². The molecule has 6 aliphatic carbocycles. The molecular formula is C75H49N. The number of anilines is 3. The van der Waals surface area contributed by atoms with Gasteiger partial charge in [0.15, 0.2) is 0 Å². The van der Waals surface area contributed by atoms with E-state index in [0.29, 0.717) is 0 Å². The smallest absolute Gasteiger partial charge is 0.0726 e.